The Labute approximate surface area is 144 Å². The van der Waals surface area contributed by atoms with Crippen LogP contribution in [0.25, 0.3) is 0 Å². The first-order chi connectivity index (χ1) is 11.1. The van der Waals surface area contributed by atoms with E-state index in [4.69, 9.17) is 24.4 Å². The van der Waals surface area contributed by atoms with Crippen LogP contribution in [-0.2, 0) is 0 Å². The molecular formula is C14H15N7S2. The number of anilines is 1. The molecule has 0 unspecified atom stereocenters. The van der Waals surface area contributed by atoms with Gasteiger partial charge in [0.2, 0.25) is 5.11 Å². The molecule has 7 nitrogen and oxygen atoms in total. The molecule has 0 bridgehead atoms. The second-order valence-electron chi connectivity index (χ2n) is 4.27. The first-order valence-corrected chi connectivity index (χ1v) is 7.46. The van der Waals surface area contributed by atoms with Crippen LogP contribution in [0, 0.1) is 0 Å². The maximum atomic E-state index is 5.11. The number of rotatable bonds is 3. The summed E-state index contributed by atoms with van der Waals surface area (Å²) in [6, 6.07) is 11.1. The van der Waals surface area contributed by atoms with Crippen LogP contribution in [0.15, 0.2) is 53.9 Å². The largest absolute Gasteiger partial charge is 0.316 e. The van der Waals surface area contributed by atoms with Crippen molar-refractivity contribution in [3.8, 4) is 0 Å². The van der Waals surface area contributed by atoms with Crippen molar-refractivity contribution in [1.29, 1.82) is 0 Å². The van der Waals surface area contributed by atoms with Crippen LogP contribution in [0.5, 0.6) is 0 Å². The molecule has 0 spiro atoms. The molecule has 0 aliphatic rings. The maximum absolute atomic E-state index is 5.11. The number of hydrazone groups is 1. The molecule has 0 aliphatic carbocycles. The summed E-state index contributed by atoms with van der Waals surface area (Å²) in [5, 5.41) is 7.64. The van der Waals surface area contributed by atoms with Crippen LogP contribution in [0.3, 0.4) is 0 Å². The quantitative estimate of drug-likeness (QED) is 0.379. The minimum absolute atomic E-state index is 0.269. The SMILES string of the molecule is C/C(=N\NC(=S)NNC(=S)Nc1ccccn1)c1ccccn1. The molecule has 2 heterocycles. The molecule has 2 aromatic heterocycles. The summed E-state index contributed by atoms with van der Waals surface area (Å²) in [5.74, 6) is 0.634. The zero-order valence-corrected chi connectivity index (χ0v) is 13.9. The van der Waals surface area contributed by atoms with Crippen LogP contribution in [0.2, 0.25) is 0 Å². The van der Waals surface area contributed by atoms with E-state index in [1.54, 1.807) is 18.5 Å². The summed E-state index contributed by atoms with van der Waals surface area (Å²) < 4.78 is 0. The van der Waals surface area contributed by atoms with Gasteiger partial charge in [0.25, 0.3) is 0 Å². The average Bonchev–Trinajstić information content (AvgIpc) is 2.59. The Balaban J connectivity index is 1.76. The van der Waals surface area contributed by atoms with E-state index in [0.29, 0.717) is 16.6 Å². The Kier molecular flexibility index (Phi) is 6.33. The van der Waals surface area contributed by atoms with Gasteiger partial charge in [-0.25, -0.2) is 4.98 Å². The van der Waals surface area contributed by atoms with Crippen LogP contribution >= 0.6 is 24.4 Å². The van der Waals surface area contributed by atoms with Crippen LogP contribution < -0.4 is 21.6 Å². The Morgan fingerprint density at radius 1 is 0.957 bits per heavy atom. The molecule has 0 aliphatic heterocycles. The minimum Gasteiger partial charge on any atom is -0.316 e. The number of hydrogen-bond donors (Lipinski definition) is 4. The predicted molar refractivity (Wildman–Crippen MR) is 98.9 cm³/mol. The molecule has 4 N–H and O–H groups in total. The van der Waals surface area contributed by atoms with Crippen molar-refractivity contribution in [2.75, 3.05) is 5.32 Å². The third-order valence-corrected chi connectivity index (χ3v) is 2.95. The summed E-state index contributed by atoms with van der Waals surface area (Å²) in [7, 11) is 0. The number of thiocarbonyl (C=S) groups is 2. The second kappa shape index (κ2) is 8.71. The molecule has 9 heteroatoms. The van der Waals surface area contributed by atoms with E-state index < -0.39 is 0 Å². The number of nitrogens with zero attached hydrogens (tertiary/aromatic N) is 3. The number of pyridine rings is 2. The van der Waals surface area contributed by atoms with Crippen LogP contribution in [0.1, 0.15) is 12.6 Å². The van der Waals surface area contributed by atoms with Crippen LogP contribution in [-0.4, -0.2) is 25.9 Å². The summed E-state index contributed by atoms with van der Waals surface area (Å²) in [5.41, 5.74) is 9.64. The molecule has 23 heavy (non-hydrogen) atoms. The van der Waals surface area contributed by atoms with Gasteiger partial charge in [-0.05, 0) is 55.6 Å². The normalized spacial score (nSPS) is 10.6. The third-order valence-electron chi connectivity index (χ3n) is 2.56. The van der Waals surface area contributed by atoms with E-state index in [-0.39, 0.29) is 5.11 Å². The molecule has 0 saturated carbocycles. The van der Waals surface area contributed by atoms with E-state index in [0.717, 1.165) is 5.69 Å². The topological polar surface area (TPSA) is 86.3 Å². The maximum Gasteiger partial charge on any atom is 0.205 e. The van der Waals surface area contributed by atoms with E-state index in [1.807, 2.05) is 37.3 Å². The van der Waals surface area contributed by atoms with Crippen molar-refractivity contribution in [2.45, 2.75) is 6.92 Å². The first kappa shape index (κ1) is 16.7. The van der Waals surface area contributed by atoms with Gasteiger partial charge in [-0.15, -0.1) is 0 Å². The molecule has 0 radical (unpaired) electrons. The Hall–Kier alpha value is -2.65. The summed E-state index contributed by atoms with van der Waals surface area (Å²) >= 11 is 10.2. The summed E-state index contributed by atoms with van der Waals surface area (Å²) in [6.45, 7) is 1.83. The van der Waals surface area contributed by atoms with Crippen molar-refractivity contribution < 1.29 is 0 Å². The molecule has 118 valence electrons. The third kappa shape index (κ3) is 5.93. The van der Waals surface area contributed by atoms with E-state index in [2.05, 4.69) is 36.7 Å². The predicted octanol–water partition coefficient (Wildman–Crippen LogP) is 1.57. The van der Waals surface area contributed by atoms with Gasteiger partial charge in [-0.1, -0.05) is 12.1 Å². The van der Waals surface area contributed by atoms with Gasteiger partial charge in [0.1, 0.15) is 5.82 Å². The number of hydrogen-bond acceptors (Lipinski definition) is 5. The Bertz CT molecular complexity index is 689. The number of nitrogens with one attached hydrogen (secondary N) is 4. The van der Waals surface area contributed by atoms with Gasteiger partial charge in [-0.3, -0.25) is 21.3 Å². The first-order valence-electron chi connectivity index (χ1n) is 6.65. The molecular weight excluding hydrogens is 330 g/mol. The Morgan fingerprint density at radius 2 is 1.65 bits per heavy atom. The molecule has 0 aromatic carbocycles. The van der Waals surface area contributed by atoms with Gasteiger partial charge in [0.05, 0.1) is 11.4 Å². The molecule has 0 fully saturated rings. The van der Waals surface area contributed by atoms with E-state index in [9.17, 15) is 0 Å². The minimum atomic E-state index is 0.269. The van der Waals surface area contributed by atoms with Gasteiger partial charge >= 0.3 is 0 Å². The highest BCUT2D eigenvalue weighted by molar-refractivity contribution is 7.80. The number of hydrazine groups is 1. The zero-order valence-electron chi connectivity index (χ0n) is 12.3. The highest BCUT2D eigenvalue weighted by Gasteiger charge is 2.00. The molecule has 2 rings (SSSR count). The molecule has 0 amide bonds. The summed E-state index contributed by atoms with van der Waals surface area (Å²) in [4.78, 5) is 8.29. The fraction of sp³-hybridized carbons (Fsp3) is 0.0714. The highest BCUT2D eigenvalue weighted by atomic mass is 32.1. The standard InChI is InChI=1S/C14H15N7S2/c1-10(11-6-2-4-8-15-11)18-20-14(23)21-19-13(22)17-12-7-3-5-9-16-12/h2-9H,1H3,(H2,20,21,23)(H2,16,17,19,22)/b18-10+. The molecule has 0 atom stereocenters. The van der Waals surface area contributed by atoms with E-state index >= 15 is 0 Å². The Morgan fingerprint density at radius 3 is 2.30 bits per heavy atom. The lowest BCUT2D eigenvalue weighted by Gasteiger charge is -2.12. The van der Waals surface area contributed by atoms with Crippen molar-refractivity contribution in [1.82, 2.24) is 26.2 Å². The van der Waals surface area contributed by atoms with Gasteiger partial charge in [0.15, 0.2) is 5.11 Å². The fourth-order valence-corrected chi connectivity index (χ4v) is 1.75. The lowest BCUT2D eigenvalue weighted by Crippen LogP contribution is -2.47. The van der Waals surface area contributed by atoms with Gasteiger partial charge in [-0.2, -0.15) is 5.10 Å². The highest BCUT2D eigenvalue weighted by Crippen LogP contribution is 1.98. The smallest absolute Gasteiger partial charge is 0.205 e. The second-order valence-corrected chi connectivity index (χ2v) is 5.09. The van der Waals surface area contributed by atoms with Crippen molar-refractivity contribution >= 4 is 46.2 Å². The van der Waals surface area contributed by atoms with Crippen molar-refractivity contribution in [3.63, 3.8) is 0 Å². The van der Waals surface area contributed by atoms with Crippen LogP contribution in [0.4, 0.5) is 5.82 Å². The fourth-order valence-electron chi connectivity index (χ4n) is 1.49. The lowest BCUT2D eigenvalue weighted by atomic mass is 10.3. The average molecular weight is 345 g/mol. The summed E-state index contributed by atoms with van der Waals surface area (Å²) in [6.07, 6.45) is 3.37. The van der Waals surface area contributed by atoms with Crippen molar-refractivity contribution in [3.05, 3.63) is 54.5 Å². The monoisotopic (exact) mass is 345 g/mol. The number of aromatic nitrogens is 2. The molecule has 0 saturated heterocycles. The van der Waals surface area contributed by atoms with Gasteiger partial charge in [0, 0.05) is 12.4 Å². The van der Waals surface area contributed by atoms with E-state index in [1.165, 1.54) is 0 Å². The van der Waals surface area contributed by atoms with Gasteiger partial charge < -0.3 is 5.32 Å². The zero-order chi connectivity index (χ0) is 16.5. The molecule has 2 aromatic rings. The lowest BCUT2D eigenvalue weighted by molar-refractivity contribution is 0.833. The van der Waals surface area contributed by atoms with Crippen molar-refractivity contribution in [2.24, 2.45) is 5.10 Å².